The molecular weight excluding hydrogens is 246 g/mol. The van der Waals surface area contributed by atoms with Gasteiger partial charge in [0.25, 0.3) is 0 Å². The molecule has 2 nitrogen and oxygen atoms in total. The molecule has 0 bridgehead atoms. The first-order valence-electron chi connectivity index (χ1n) is 7.18. The number of hydrogen-bond donors (Lipinski definition) is 1. The van der Waals surface area contributed by atoms with Gasteiger partial charge in [-0.25, -0.2) is 0 Å². The van der Waals surface area contributed by atoms with Crippen LogP contribution in [0.3, 0.4) is 0 Å². The van der Waals surface area contributed by atoms with Crippen molar-refractivity contribution in [2.24, 2.45) is 0 Å². The van der Waals surface area contributed by atoms with E-state index in [1.165, 1.54) is 5.56 Å². The molecule has 1 N–H and O–H groups in total. The van der Waals surface area contributed by atoms with Crippen LogP contribution in [0.2, 0.25) is 0 Å². The highest BCUT2D eigenvalue weighted by Gasteiger charge is 2.16. The summed E-state index contributed by atoms with van der Waals surface area (Å²) in [5, 5.41) is 10.4. The number of aliphatic hydroxyl groups is 1. The molecule has 0 heterocycles. The van der Waals surface area contributed by atoms with Crippen molar-refractivity contribution >= 4 is 0 Å². The zero-order chi connectivity index (χ0) is 14.4. The van der Waals surface area contributed by atoms with Crippen LogP contribution in [0.5, 0.6) is 0 Å². The molecule has 0 aromatic heterocycles. The fourth-order valence-corrected chi connectivity index (χ4v) is 2.28. The fraction of sp³-hybridized carbons (Fsp3) is 0.333. The van der Waals surface area contributed by atoms with Crippen LogP contribution >= 0.6 is 0 Å². The van der Waals surface area contributed by atoms with E-state index in [-0.39, 0.29) is 0 Å². The Hall–Kier alpha value is -1.64. The molecule has 0 saturated heterocycles. The average molecular weight is 269 g/mol. The highest BCUT2D eigenvalue weighted by atomic mass is 16.3. The molecule has 0 radical (unpaired) electrons. The van der Waals surface area contributed by atoms with Crippen molar-refractivity contribution in [3.63, 3.8) is 0 Å². The predicted molar refractivity (Wildman–Crippen MR) is 83.4 cm³/mol. The normalized spacial score (nSPS) is 12.8. The maximum absolute atomic E-state index is 10.4. The van der Waals surface area contributed by atoms with Crippen LogP contribution in [-0.2, 0) is 6.54 Å². The van der Waals surface area contributed by atoms with Gasteiger partial charge in [0.15, 0.2) is 0 Å². The van der Waals surface area contributed by atoms with E-state index in [2.05, 4.69) is 43.0 Å². The second-order valence-electron chi connectivity index (χ2n) is 5.44. The third kappa shape index (κ3) is 4.19. The molecule has 2 rings (SSSR count). The van der Waals surface area contributed by atoms with Crippen molar-refractivity contribution in [2.75, 3.05) is 6.54 Å². The number of aliphatic hydroxyl groups excluding tert-OH is 1. The van der Waals surface area contributed by atoms with E-state index in [9.17, 15) is 5.11 Å². The molecule has 1 atom stereocenters. The van der Waals surface area contributed by atoms with Gasteiger partial charge in [-0.05, 0) is 25.0 Å². The van der Waals surface area contributed by atoms with Gasteiger partial charge in [-0.3, -0.25) is 4.90 Å². The van der Waals surface area contributed by atoms with Gasteiger partial charge in [-0.2, -0.15) is 0 Å². The summed E-state index contributed by atoms with van der Waals surface area (Å²) in [6.07, 6.45) is -0.442. The molecule has 0 aliphatic heterocycles. The van der Waals surface area contributed by atoms with Gasteiger partial charge in [0.2, 0.25) is 0 Å². The Balaban J connectivity index is 2.03. The number of hydrogen-bond acceptors (Lipinski definition) is 2. The molecule has 0 fully saturated rings. The summed E-state index contributed by atoms with van der Waals surface area (Å²) in [6.45, 7) is 5.85. The summed E-state index contributed by atoms with van der Waals surface area (Å²) in [7, 11) is 0. The number of rotatable bonds is 6. The molecule has 0 saturated carbocycles. The first-order valence-corrected chi connectivity index (χ1v) is 7.18. The Bertz CT molecular complexity index is 495. The molecule has 0 spiro atoms. The maximum Gasteiger partial charge on any atom is 0.0917 e. The summed E-state index contributed by atoms with van der Waals surface area (Å²) in [4.78, 5) is 2.30. The van der Waals surface area contributed by atoms with Gasteiger partial charge in [-0.15, -0.1) is 0 Å². The Morgan fingerprint density at radius 3 is 2.00 bits per heavy atom. The highest BCUT2D eigenvalue weighted by Crippen LogP contribution is 2.17. The second-order valence-corrected chi connectivity index (χ2v) is 5.44. The van der Waals surface area contributed by atoms with E-state index >= 15 is 0 Å². The maximum atomic E-state index is 10.4. The highest BCUT2D eigenvalue weighted by molar-refractivity contribution is 5.18. The van der Waals surface area contributed by atoms with Gasteiger partial charge in [-0.1, -0.05) is 60.7 Å². The Kier molecular flexibility index (Phi) is 5.33. The first-order chi connectivity index (χ1) is 9.66. The number of benzene rings is 2. The van der Waals surface area contributed by atoms with E-state index < -0.39 is 6.10 Å². The minimum absolute atomic E-state index is 0.397. The van der Waals surface area contributed by atoms with Crippen LogP contribution in [0.1, 0.15) is 31.1 Å². The standard InChI is InChI=1S/C18H23NO/c1-15(2)19(13-16-9-5-3-6-10-16)14-18(20)17-11-7-4-8-12-17/h3-12,15,18,20H,13-14H2,1-2H3/t18-/m1/s1. The lowest BCUT2D eigenvalue weighted by atomic mass is 10.1. The first kappa shape index (κ1) is 14.8. The minimum Gasteiger partial charge on any atom is -0.387 e. The Morgan fingerprint density at radius 2 is 1.45 bits per heavy atom. The summed E-state index contributed by atoms with van der Waals surface area (Å²) in [5.74, 6) is 0. The van der Waals surface area contributed by atoms with Crippen LogP contribution < -0.4 is 0 Å². The van der Waals surface area contributed by atoms with E-state index in [1.54, 1.807) is 0 Å². The monoisotopic (exact) mass is 269 g/mol. The summed E-state index contributed by atoms with van der Waals surface area (Å²) in [5.41, 5.74) is 2.26. The lowest BCUT2D eigenvalue weighted by Crippen LogP contribution is -2.34. The zero-order valence-electron chi connectivity index (χ0n) is 12.2. The van der Waals surface area contributed by atoms with Crippen LogP contribution in [-0.4, -0.2) is 22.6 Å². The smallest absolute Gasteiger partial charge is 0.0917 e. The van der Waals surface area contributed by atoms with E-state index in [0.29, 0.717) is 12.6 Å². The van der Waals surface area contributed by atoms with E-state index in [4.69, 9.17) is 0 Å². The Morgan fingerprint density at radius 1 is 0.900 bits per heavy atom. The van der Waals surface area contributed by atoms with Crippen molar-refractivity contribution in [3.05, 3.63) is 71.8 Å². The van der Waals surface area contributed by atoms with Crippen LogP contribution in [0, 0.1) is 0 Å². The lowest BCUT2D eigenvalue weighted by molar-refractivity contribution is 0.0908. The summed E-state index contributed by atoms with van der Waals surface area (Å²) in [6, 6.07) is 20.7. The van der Waals surface area contributed by atoms with Gasteiger partial charge >= 0.3 is 0 Å². The third-order valence-corrected chi connectivity index (χ3v) is 3.55. The molecular formula is C18H23NO. The topological polar surface area (TPSA) is 23.5 Å². The van der Waals surface area contributed by atoms with Gasteiger partial charge in [0.05, 0.1) is 6.10 Å². The fourth-order valence-electron chi connectivity index (χ4n) is 2.28. The van der Waals surface area contributed by atoms with Crippen LogP contribution in [0.4, 0.5) is 0 Å². The van der Waals surface area contributed by atoms with Crippen molar-refractivity contribution in [2.45, 2.75) is 32.5 Å². The van der Waals surface area contributed by atoms with Crippen LogP contribution in [0.15, 0.2) is 60.7 Å². The Labute approximate surface area is 121 Å². The second kappa shape index (κ2) is 7.22. The quantitative estimate of drug-likeness (QED) is 0.865. The molecule has 0 amide bonds. The molecule has 2 heteroatoms. The summed E-state index contributed by atoms with van der Waals surface area (Å²) < 4.78 is 0. The molecule has 106 valence electrons. The third-order valence-electron chi connectivity index (χ3n) is 3.55. The minimum atomic E-state index is -0.442. The van der Waals surface area contributed by atoms with Crippen molar-refractivity contribution < 1.29 is 5.11 Å². The molecule has 2 aromatic carbocycles. The van der Waals surface area contributed by atoms with Crippen molar-refractivity contribution in [1.82, 2.24) is 4.90 Å². The van der Waals surface area contributed by atoms with Crippen LogP contribution in [0.25, 0.3) is 0 Å². The molecule has 20 heavy (non-hydrogen) atoms. The SMILES string of the molecule is CC(C)N(Cc1ccccc1)C[C@@H](O)c1ccccc1. The molecule has 2 aromatic rings. The van der Waals surface area contributed by atoms with Crippen molar-refractivity contribution in [3.8, 4) is 0 Å². The largest absolute Gasteiger partial charge is 0.387 e. The average Bonchev–Trinajstić information content (AvgIpc) is 2.48. The van der Waals surface area contributed by atoms with Crippen molar-refractivity contribution in [1.29, 1.82) is 0 Å². The van der Waals surface area contributed by atoms with Gasteiger partial charge < -0.3 is 5.11 Å². The predicted octanol–water partition coefficient (Wildman–Crippen LogP) is 3.63. The summed E-state index contributed by atoms with van der Waals surface area (Å²) >= 11 is 0. The number of nitrogens with zero attached hydrogens (tertiary/aromatic N) is 1. The van der Waals surface area contributed by atoms with E-state index in [0.717, 1.165) is 12.1 Å². The van der Waals surface area contributed by atoms with Gasteiger partial charge in [0.1, 0.15) is 0 Å². The zero-order valence-corrected chi connectivity index (χ0v) is 12.2. The molecule has 0 aliphatic rings. The molecule has 0 unspecified atom stereocenters. The lowest BCUT2D eigenvalue weighted by Gasteiger charge is -2.29. The molecule has 0 aliphatic carbocycles. The van der Waals surface area contributed by atoms with E-state index in [1.807, 2.05) is 36.4 Å². The van der Waals surface area contributed by atoms with Gasteiger partial charge in [0, 0.05) is 19.1 Å².